The van der Waals surface area contributed by atoms with Crippen LogP contribution in [-0.4, -0.2) is 11.7 Å². The smallest absolute Gasteiger partial charge is 0.169 e. The number of Topliss-reactive ketones (excluding diaryl/α,β-unsaturated/α-hetero) is 1. The summed E-state index contributed by atoms with van der Waals surface area (Å²) in [7, 11) is 0. The molecular formula is C13H17ClO. The van der Waals surface area contributed by atoms with Crippen molar-refractivity contribution in [3.8, 4) is 0 Å². The summed E-state index contributed by atoms with van der Waals surface area (Å²) in [5.41, 5.74) is 2.43. The summed E-state index contributed by atoms with van der Waals surface area (Å²) in [6.07, 6.45) is 0. The number of hydrogen-bond acceptors (Lipinski definition) is 1. The van der Waals surface area contributed by atoms with Crippen molar-refractivity contribution in [2.24, 2.45) is 5.41 Å². The minimum atomic E-state index is -0.486. The molecule has 1 nitrogen and oxygen atoms in total. The Bertz CT molecular complexity index is 380. The number of halogens is 1. The van der Waals surface area contributed by atoms with Crippen LogP contribution in [0.5, 0.6) is 0 Å². The van der Waals surface area contributed by atoms with Gasteiger partial charge >= 0.3 is 0 Å². The highest BCUT2D eigenvalue weighted by Crippen LogP contribution is 2.25. The summed E-state index contributed by atoms with van der Waals surface area (Å²) >= 11 is 5.81. The van der Waals surface area contributed by atoms with Crippen LogP contribution >= 0.6 is 11.6 Å². The lowest BCUT2D eigenvalue weighted by Gasteiger charge is -2.21. The number of ketones is 1. The van der Waals surface area contributed by atoms with Crippen molar-refractivity contribution in [3.63, 3.8) is 0 Å². The number of hydrogen-bond donors (Lipinski definition) is 0. The predicted octanol–water partition coefficient (Wildman–Crippen LogP) is 3.75. The fraction of sp³-hybridized carbons (Fsp3) is 0.462. The van der Waals surface area contributed by atoms with E-state index >= 15 is 0 Å². The number of aryl methyl sites for hydroxylation is 2. The lowest BCUT2D eigenvalue weighted by Crippen LogP contribution is -2.26. The van der Waals surface area contributed by atoms with Gasteiger partial charge in [0.15, 0.2) is 5.78 Å². The lowest BCUT2D eigenvalue weighted by molar-refractivity contribution is 0.0861. The van der Waals surface area contributed by atoms with E-state index in [4.69, 9.17) is 11.6 Å². The first-order valence-corrected chi connectivity index (χ1v) is 5.60. The first kappa shape index (κ1) is 12.3. The van der Waals surface area contributed by atoms with Crippen molar-refractivity contribution in [2.45, 2.75) is 27.7 Å². The molecule has 0 spiro atoms. The Morgan fingerprint density at radius 2 is 1.93 bits per heavy atom. The Hall–Kier alpha value is -0.820. The van der Waals surface area contributed by atoms with Gasteiger partial charge in [-0.25, -0.2) is 0 Å². The third kappa shape index (κ3) is 2.60. The topological polar surface area (TPSA) is 17.1 Å². The molecule has 0 heterocycles. The van der Waals surface area contributed by atoms with Crippen molar-refractivity contribution in [1.29, 1.82) is 0 Å². The van der Waals surface area contributed by atoms with E-state index in [2.05, 4.69) is 0 Å². The number of rotatable bonds is 3. The van der Waals surface area contributed by atoms with Gasteiger partial charge in [0.1, 0.15) is 0 Å². The molecule has 0 unspecified atom stereocenters. The van der Waals surface area contributed by atoms with Gasteiger partial charge in [-0.05, 0) is 25.5 Å². The van der Waals surface area contributed by atoms with Gasteiger partial charge in [-0.2, -0.15) is 0 Å². The molecule has 2 heteroatoms. The zero-order chi connectivity index (χ0) is 11.6. The second-order valence-electron chi connectivity index (χ2n) is 4.67. The molecule has 0 aliphatic carbocycles. The quantitative estimate of drug-likeness (QED) is 0.565. The highest BCUT2D eigenvalue weighted by molar-refractivity contribution is 6.21. The zero-order valence-corrected chi connectivity index (χ0v) is 10.5. The van der Waals surface area contributed by atoms with Crippen LogP contribution in [0, 0.1) is 19.3 Å². The fourth-order valence-electron chi connectivity index (χ4n) is 1.41. The second-order valence-corrected chi connectivity index (χ2v) is 4.93. The first-order chi connectivity index (χ1) is 6.88. The molecule has 0 N–H and O–H groups in total. The third-order valence-electron chi connectivity index (χ3n) is 2.59. The zero-order valence-electron chi connectivity index (χ0n) is 9.73. The van der Waals surface area contributed by atoms with E-state index in [0.29, 0.717) is 5.88 Å². The van der Waals surface area contributed by atoms with Gasteiger partial charge in [0, 0.05) is 16.9 Å². The van der Waals surface area contributed by atoms with Crippen molar-refractivity contribution in [1.82, 2.24) is 0 Å². The number of benzene rings is 1. The van der Waals surface area contributed by atoms with Crippen molar-refractivity contribution >= 4 is 17.4 Å². The van der Waals surface area contributed by atoms with E-state index in [1.807, 2.05) is 45.9 Å². The van der Waals surface area contributed by atoms with Crippen LogP contribution in [0.25, 0.3) is 0 Å². The van der Waals surface area contributed by atoms with E-state index in [1.54, 1.807) is 0 Å². The third-order valence-corrected chi connectivity index (χ3v) is 3.25. The first-order valence-electron chi connectivity index (χ1n) is 5.06. The van der Waals surface area contributed by atoms with Crippen molar-refractivity contribution in [2.75, 3.05) is 5.88 Å². The molecule has 82 valence electrons. The Kier molecular flexibility index (Phi) is 3.56. The molecule has 0 atom stereocenters. The van der Waals surface area contributed by atoms with Gasteiger partial charge in [0.05, 0.1) is 0 Å². The largest absolute Gasteiger partial charge is 0.294 e. The summed E-state index contributed by atoms with van der Waals surface area (Å²) in [4.78, 5) is 12.2. The second kappa shape index (κ2) is 4.36. The molecular weight excluding hydrogens is 208 g/mol. The van der Waals surface area contributed by atoms with E-state index in [0.717, 1.165) is 16.7 Å². The Morgan fingerprint density at radius 3 is 2.47 bits per heavy atom. The summed E-state index contributed by atoms with van der Waals surface area (Å²) in [6.45, 7) is 7.70. The molecule has 0 aliphatic heterocycles. The maximum absolute atomic E-state index is 12.2. The standard InChI is InChI=1S/C13H17ClO/c1-9-5-6-10(2)11(7-9)12(15)13(3,4)8-14/h5-7H,8H2,1-4H3. The molecule has 0 aliphatic rings. The molecule has 0 radical (unpaired) electrons. The van der Waals surface area contributed by atoms with Crippen LogP contribution in [-0.2, 0) is 0 Å². The van der Waals surface area contributed by atoms with Crippen LogP contribution in [0.3, 0.4) is 0 Å². The van der Waals surface area contributed by atoms with Gasteiger partial charge in [0.2, 0.25) is 0 Å². The fourth-order valence-corrected chi connectivity index (χ4v) is 1.53. The normalized spacial score (nSPS) is 11.5. The van der Waals surface area contributed by atoms with Crippen molar-refractivity contribution in [3.05, 3.63) is 34.9 Å². The van der Waals surface area contributed by atoms with E-state index in [9.17, 15) is 4.79 Å². The summed E-state index contributed by atoms with van der Waals surface area (Å²) in [5, 5.41) is 0. The molecule has 0 saturated carbocycles. The van der Waals surface area contributed by atoms with E-state index in [-0.39, 0.29) is 5.78 Å². The van der Waals surface area contributed by atoms with Crippen LogP contribution in [0.4, 0.5) is 0 Å². The summed E-state index contributed by atoms with van der Waals surface area (Å²) in [6, 6.07) is 5.93. The number of carbonyl (C=O) groups excluding carboxylic acids is 1. The molecule has 1 rings (SSSR count). The lowest BCUT2D eigenvalue weighted by atomic mass is 9.84. The van der Waals surface area contributed by atoms with E-state index < -0.39 is 5.41 Å². The maximum atomic E-state index is 12.2. The highest BCUT2D eigenvalue weighted by atomic mass is 35.5. The van der Waals surface area contributed by atoms with Gasteiger partial charge in [-0.1, -0.05) is 31.5 Å². The highest BCUT2D eigenvalue weighted by Gasteiger charge is 2.28. The van der Waals surface area contributed by atoms with Crippen LogP contribution in [0.1, 0.15) is 35.3 Å². The monoisotopic (exact) mass is 224 g/mol. The van der Waals surface area contributed by atoms with Crippen LogP contribution in [0.2, 0.25) is 0 Å². The molecule has 1 aromatic rings. The van der Waals surface area contributed by atoms with Gasteiger partial charge in [-0.3, -0.25) is 4.79 Å². The number of alkyl halides is 1. The van der Waals surface area contributed by atoms with Gasteiger partial charge in [0.25, 0.3) is 0 Å². The molecule has 0 aromatic heterocycles. The molecule has 0 amide bonds. The maximum Gasteiger partial charge on any atom is 0.169 e. The molecule has 15 heavy (non-hydrogen) atoms. The average molecular weight is 225 g/mol. The molecule has 0 saturated heterocycles. The summed E-state index contributed by atoms with van der Waals surface area (Å²) in [5.74, 6) is 0.470. The average Bonchev–Trinajstić information content (AvgIpc) is 2.20. The minimum absolute atomic E-state index is 0.124. The minimum Gasteiger partial charge on any atom is -0.294 e. The van der Waals surface area contributed by atoms with E-state index in [1.165, 1.54) is 0 Å². The Labute approximate surface area is 96.5 Å². The Balaban J connectivity index is 3.17. The predicted molar refractivity (Wildman–Crippen MR) is 64.7 cm³/mol. The summed E-state index contributed by atoms with van der Waals surface area (Å²) < 4.78 is 0. The Morgan fingerprint density at radius 1 is 1.33 bits per heavy atom. The SMILES string of the molecule is Cc1ccc(C)c(C(=O)C(C)(C)CCl)c1. The van der Waals surface area contributed by atoms with Gasteiger partial charge < -0.3 is 0 Å². The van der Waals surface area contributed by atoms with Crippen LogP contribution < -0.4 is 0 Å². The van der Waals surface area contributed by atoms with Crippen molar-refractivity contribution < 1.29 is 4.79 Å². The molecule has 0 fully saturated rings. The molecule has 1 aromatic carbocycles. The van der Waals surface area contributed by atoms with Crippen LogP contribution in [0.15, 0.2) is 18.2 Å². The van der Waals surface area contributed by atoms with Gasteiger partial charge in [-0.15, -0.1) is 11.6 Å². The number of carbonyl (C=O) groups is 1. The molecule has 0 bridgehead atoms.